The minimum absolute atomic E-state index is 0.230. The maximum Gasteiger partial charge on any atom is 0.328 e. The molecule has 170 valence electrons. The van der Waals surface area contributed by atoms with Crippen molar-refractivity contribution in [3.63, 3.8) is 0 Å². The number of aromatic amines is 1. The zero-order chi connectivity index (χ0) is 23.2. The van der Waals surface area contributed by atoms with Gasteiger partial charge in [0.15, 0.2) is 0 Å². The summed E-state index contributed by atoms with van der Waals surface area (Å²) in [6.07, 6.45) is 2.78. The average molecular weight is 463 g/mol. The summed E-state index contributed by atoms with van der Waals surface area (Å²) in [6, 6.07) is 16.6. The third-order valence-electron chi connectivity index (χ3n) is 5.35. The number of nitrogens with two attached hydrogens (primary N) is 1. The lowest BCUT2D eigenvalue weighted by Crippen LogP contribution is -2.43. The summed E-state index contributed by atoms with van der Waals surface area (Å²) in [4.78, 5) is 33.2. The molecule has 0 saturated carbocycles. The molecular weight excluding hydrogens is 436 g/mol. The molecule has 0 bridgehead atoms. The number of amides is 1. The maximum absolute atomic E-state index is 12.9. The monoisotopic (exact) mass is 462 g/mol. The summed E-state index contributed by atoms with van der Waals surface area (Å²) in [7, 11) is 0. The Bertz CT molecular complexity index is 1230. The number of thiazole rings is 1. The molecule has 0 spiro atoms. The summed E-state index contributed by atoms with van der Waals surface area (Å²) in [5, 5.41) is 6.15. The molecule has 4 aromatic rings. The van der Waals surface area contributed by atoms with E-state index < -0.39 is 17.9 Å². The molecule has 2 aromatic heterocycles. The van der Waals surface area contributed by atoms with Gasteiger partial charge in [-0.2, -0.15) is 0 Å². The molecule has 33 heavy (non-hydrogen) atoms. The van der Waals surface area contributed by atoms with Crippen molar-refractivity contribution in [2.45, 2.75) is 31.8 Å². The van der Waals surface area contributed by atoms with Crippen LogP contribution in [0, 0.1) is 0 Å². The molecule has 0 radical (unpaired) electrons. The number of carbonyl (C=O) groups excluding carboxylic acids is 2. The van der Waals surface area contributed by atoms with E-state index in [2.05, 4.69) is 15.3 Å². The summed E-state index contributed by atoms with van der Waals surface area (Å²) in [5.41, 5.74) is 9.55. The Morgan fingerprint density at radius 3 is 2.67 bits per heavy atom. The van der Waals surface area contributed by atoms with Gasteiger partial charge in [-0.15, -0.1) is 11.3 Å². The number of esters is 1. The van der Waals surface area contributed by atoms with Crippen molar-refractivity contribution < 1.29 is 14.3 Å². The lowest BCUT2D eigenvalue weighted by atomic mass is 10.0. The van der Waals surface area contributed by atoms with E-state index in [0.29, 0.717) is 17.8 Å². The van der Waals surface area contributed by atoms with Gasteiger partial charge >= 0.3 is 5.97 Å². The molecule has 1 amide bonds. The highest BCUT2D eigenvalue weighted by atomic mass is 32.1. The fourth-order valence-corrected chi connectivity index (χ4v) is 4.51. The van der Waals surface area contributed by atoms with Gasteiger partial charge in [0.25, 0.3) is 5.91 Å². The van der Waals surface area contributed by atoms with Crippen molar-refractivity contribution in [1.29, 1.82) is 0 Å². The zero-order valence-corrected chi connectivity index (χ0v) is 19.1. The zero-order valence-electron chi connectivity index (χ0n) is 18.3. The van der Waals surface area contributed by atoms with Crippen LogP contribution in [-0.2, 0) is 22.4 Å². The smallest absolute Gasteiger partial charge is 0.328 e. The Hall–Kier alpha value is -3.49. The first kappa shape index (κ1) is 22.7. The molecule has 0 aliphatic heterocycles. The summed E-state index contributed by atoms with van der Waals surface area (Å²) in [5.74, 6) is -0.908. The number of hydrogen-bond acceptors (Lipinski definition) is 6. The third kappa shape index (κ3) is 5.47. The largest absolute Gasteiger partial charge is 0.464 e. The van der Waals surface area contributed by atoms with E-state index >= 15 is 0 Å². The molecule has 4 rings (SSSR count). The van der Waals surface area contributed by atoms with Gasteiger partial charge in [0, 0.05) is 28.9 Å². The summed E-state index contributed by atoms with van der Waals surface area (Å²) in [6.45, 7) is 1.97. The van der Waals surface area contributed by atoms with E-state index in [-0.39, 0.29) is 18.3 Å². The molecule has 0 aliphatic rings. The fourth-order valence-electron chi connectivity index (χ4n) is 3.71. The quantitative estimate of drug-likeness (QED) is 0.328. The Kier molecular flexibility index (Phi) is 7.16. The maximum atomic E-state index is 12.9. The standard InChI is InChI=1S/C25H26N4O3S/c1-2-32-25(31)21(13-17-14-27-20-11-7-6-10-18(17)20)28-23(30)22-15-33-24(29-22)19(26)12-16-8-4-3-5-9-16/h3-11,14-15,19,21,27H,2,12-13,26H2,1H3,(H,28,30). The number of H-pyrrole nitrogens is 1. The molecular formula is C25H26N4O3S. The molecule has 0 aliphatic carbocycles. The van der Waals surface area contributed by atoms with Gasteiger partial charge in [0.2, 0.25) is 0 Å². The average Bonchev–Trinajstić information content (AvgIpc) is 3.47. The first-order valence-electron chi connectivity index (χ1n) is 10.8. The number of carbonyl (C=O) groups is 2. The van der Waals surface area contributed by atoms with Crippen LogP contribution in [0.15, 0.2) is 66.2 Å². The number of aromatic nitrogens is 2. The van der Waals surface area contributed by atoms with Crippen LogP contribution in [0.5, 0.6) is 0 Å². The Balaban J connectivity index is 1.47. The van der Waals surface area contributed by atoms with Gasteiger partial charge in [-0.3, -0.25) is 4.79 Å². The van der Waals surface area contributed by atoms with Crippen molar-refractivity contribution in [3.8, 4) is 0 Å². The molecule has 0 saturated heterocycles. The van der Waals surface area contributed by atoms with Crippen LogP contribution in [-0.4, -0.2) is 34.5 Å². The topological polar surface area (TPSA) is 110 Å². The van der Waals surface area contributed by atoms with Crippen molar-refractivity contribution >= 4 is 34.1 Å². The van der Waals surface area contributed by atoms with Crippen molar-refractivity contribution in [2.24, 2.45) is 5.73 Å². The van der Waals surface area contributed by atoms with Crippen LogP contribution in [0.4, 0.5) is 0 Å². The first-order chi connectivity index (χ1) is 16.0. The highest BCUT2D eigenvalue weighted by Gasteiger charge is 2.26. The Labute approximate surface area is 196 Å². The number of nitrogens with one attached hydrogen (secondary N) is 2. The van der Waals surface area contributed by atoms with Crippen LogP contribution in [0.2, 0.25) is 0 Å². The van der Waals surface area contributed by atoms with Crippen molar-refractivity contribution in [3.05, 3.63) is 88.0 Å². The number of nitrogens with zero attached hydrogens (tertiary/aromatic N) is 1. The van der Waals surface area contributed by atoms with Crippen LogP contribution in [0.3, 0.4) is 0 Å². The molecule has 8 heteroatoms. The van der Waals surface area contributed by atoms with Crippen molar-refractivity contribution in [1.82, 2.24) is 15.3 Å². The number of rotatable bonds is 9. The predicted octanol–water partition coefficient (Wildman–Crippen LogP) is 3.77. The normalized spacial score (nSPS) is 12.9. The van der Waals surface area contributed by atoms with E-state index in [1.54, 1.807) is 12.3 Å². The van der Waals surface area contributed by atoms with Gasteiger partial charge in [-0.05, 0) is 30.5 Å². The van der Waals surface area contributed by atoms with E-state index in [1.807, 2.05) is 60.8 Å². The number of fused-ring (bicyclic) bond motifs is 1. The molecule has 0 fully saturated rings. The van der Waals surface area contributed by atoms with E-state index in [4.69, 9.17) is 10.5 Å². The second kappa shape index (κ2) is 10.4. The highest BCUT2D eigenvalue weighted by Crippen LogP contribution is 2.22. The van der Waals surface area contributed by atoms with Gasteiger partial charge in [-0.25, -0.2) is 9.78 Å². The number of benzene rings is 2. The van der Waals surface area contributed by atoms with Gasteiger partial charge < -0.3 is 20.8 Å². The SMILES string of the molecule is CCOC(=O)C(Cc1c[nH]c2ccccc12)NC(=O)c1csc(C(N)Cc2ccccc2)n1. The van der Waals surface area contributed by atoms with Crippen LogP contribution >= 0.6 is 11.3 Å². The summed E-state index contributed by atoms with van der Waals surface area (Å²) >= 11 is 1.34. The fraction of sp³-hybridized carbons (Fsp3) is 0.240. The third-order valence-corrected chi connectivity index (χ3v) is 6.32. The second-order valence-corrected chi connectivity index (χ2v) is 8.60. The van der Waals surface area contributed by atoms with Crippen LogP contribution in [0.25, 0.3) is 10.9 Å². The van der Waals surface area contributed by atoms with E-state index in [9.17, 15) is 9.59 Å². The Morgan fingerprint density at radius 1 is 1.12 bits per heavy atom. The number of ether oxygens (including phenoxy) is 1. The molecule has 2 unspecified atom stereocenters. The van der Waals surface area contributed by atoms with Crippen LogP contribution in [0.1, 0.15) is 39.6 Å². The number of para-hydroxylation sites is 1. The minimum atomic E-state index is -0.834. The molecule has 7 nitrogen and oxygen atoms in total. The number of hydrogen-bond donors (Lipinski definition) is 3. The lowest BCUT2D eigenvalue weighted by molar-refractivity contribution is -0.145. The van der Waals surface area contributed by atoms with Gasteiger partial charge in [0.05, 0.1) is 12.6 Å². The van der Waals surface area contributed by atoms with Crippen molar-refractivity contribution in [2.75, 3.05) is 6.61 Å². The first-order valence-corrected chi connectivity index (χ1v) is 11.7. The minimum Gasteiger partial charge on any atom is -0.464 e. The molecule has 2 aromatic carbocycles. The lowest BCUT2D eigenvalue weighted by Gasteiger charge is -2.16. The van der Waals surface area contributed by atoms with Gasteiger partial charge in [0.1, 0.15) is 16.7 Å². The Morgan fingerprint density at radius 2 is 1.88 bits per heavy atom. The molecule has 2 atom stereocenters. The van der Waals surface area contributed by atoms with Crippen LogP contribution < -0.4 is 11.1 Å². The van der Waals surface area contributed by atoms with Gasteiger partial charge in [-0.1, -0.05) is 48.5 Å². The predicted molar refractivity (Wildman–Crippen MR) is 129 cm³/mol. The summed E-state index contributed by atoms with van der Waals surface area (Å²) < 4.78 is 5.21. The highest BCUT2D eigenvalue weighted by molar-refractivity contribution is 7.09. The van der Waals surface area contributed by atoms with E-state index in [0.717, 1.165) is 22.0 Å². The molecule has 4 N–H and O–H groups in total. The molecule has 2 heterocycles. The van der Waals surface area contributed by atoms with E-state index in [1.165, 1.54) is 11.3 Å². The second-order valence-electron chi connectivity index (χ2n) is 7.71.